The number of halogens is 2. The highest BCUT2D eigenvalue weighted by Crippen LogP contribution is 2.30. The molecule has 1 aromatic carbocycles. The summed E-state index contributed by atoms with van der Waals surface area (Å²) in [5.74, 6) is -2.26. The summed E-state index contributed by atoms with van der Waals surface area (Å²) in [5.41, 5.74) is -0.184. The topological polar surface area (TPSA) is 49.4 Å². The molecule has 1 aliphatic heterocycles. The standard InChI is InChI=1S/C16H18F2N2O2/c17-11-5-6-13(18)14(8-11)19-16(22)10-7-15(21)20(9-10)12-3-1-2-4-12/h5-6,8,10,12H,1-4,7,9H2,(H,19,22). The first-order valence-electron chi connectivity index (χ1n) is 7.60. The van der Waals surface area contributed by atoms with Crippen LogP contribution in [0.4, 0.5) is 14.5 Å². The van der Waals surface area contributed by atoms with E-state index in [9.17, 15) is 18.4 Å². The molecule has 1 atom stereocenters. The normalized spacial score (nSPS) is 22.4. The molecule has 3 rings (SSSR count). The van der Waals surface area contributed by atoms with Gasteiger partial charge in [0, 0.05) is 25.1 Å². The third-order valence-corrected chi connectivity index (χ3v) is 4.48. The third kappa shape index (κ3) is 2.96. The second kappa shape index (κ2) is 6.02. The number of rotatable bonds is 3. The van der Waals surface area contributed by atoms with Gasteiger partial charge in [0.05, 0.1) is 11.6 Å². The van der Waals surface area contributed by atoms with E-state index in [0.29, 0.717) is 6.54 Å². The number of hydrogen-bond acceptors (Lipinski definition) is 2. The molecule has 1 aromatic rings. The van der Waals surface area contributed by atoms with Crippen molar-refractivity contribution < 1.29 is 18.4 Å². The second-order valence-corrected chi connectivity index (χ2v) is 6.00. The largest absolute Gasteiger partial charge is 0.339 e. The number of hydrogen-bond donors (Lipinski definition) is 1. The first-order valence-corrected chi connectivity index (χ1v) is 7.60. The van der Waals surface area contributed by atoms with E-state index in [4.69, 9.17) is 0 Å². The molecular weight excluding hydrogens is 290 g/mol. The van der Waals surface area contributed by atoms with Crippen LogP contribution in [0.15, 0.2) is 18.2 Å². The molecule has 1 aliphatic carbocycles. The number of anilines is 1. The zero-order valence-electron chi connectivity index (χ0n) is 12.1. The van der Waals surface area contributed by atoms with Crippen LogP contribution in [-0.4, -0.2) is 29.3 Å². The Labute approximate surface area is 127 Å². The lowest BCUT2D eigenvalue weighted by Gasteiger charge is -2.23. The molecule has 2 amide bonds. The van der Waals surface area contributed by atoms with Crippen molar-refractivity contribution in [1.29, 1.82) is 0 Å². The third-order valence-electron chi connectivity index (χ3n) is 4.48. The molecule has 0 radical (unpaired) electrons. The van der Waals surface area contributed by atoms with Gasteiger partial charge < -0.3 is 10.2 Å². The minimum atomic E-state index is -0.688. The molecule has 4 nitrogen and oxygen atoms in total. The van der Waals surface area contributed by atoms with Crippen LogP contribution in [0.2, 0.25) is 0 Å². The van der Waals surface area contributed by atoms with Gasteiger partial charge in [-0.1, -0.05) is 12.8 Å². The predicted octanol–water partition coefficient (Wildman–Crippen LogP) is 2.69. The minimum absolute atomic E-state index is 0.0215. The van der Waals surface area contributed by atoms with Gasteiger partial charge in [-0.15, -0.1) is 0 Å². The first-order chi connectivity index (χ1) is 10.5. The van der Waals surface area contributed by atoms with E-state index in [1.807, 2.05) is 0 Å². The quantitative estimate of drug-likeness (QED) is 0.933. The lowest BCUT2D eigenvalue weighted by Crippen LogP contribution is -2.35. The van der Waals surface area contributed by atoms with Gasteiger partial charge in [0.2, 0.25) is 11.8 Å². The fourth-order valence-corrected chi connectivity index (χ4v) is 3.30. The van der Waals surface area contributed by atoms with Crippen LogP contribution in [0.1, 0.15) is 32.1 Å². The maximum Gasteiger partial charge on any atom is 0.229 e. The van der Waals surface area contributed by atoms with Crippen LogP contribution >= 0.6 is 0 Å². The van der Waals surface area contributed by atoms with Crippen LogP contribution in [0, 0.1) is 17.6 Å². The Morgan fingerprint density at radius 2 is 1.95 bits per heavy atom. The molecule has 0 spiro atoms. The van der Waals surface area contributed by atoms with Crippen molar-refractivity contribution in [3.8, 4) is 0 Å². The van der Waals surface area contributed by atoms with Crippen molar-refractivity contribution in [2.24, 2.45) is 5.92 Å². The fourth-order valence-electron chi connectivity index (χ4n) is 3.30. The summed E-state index contributed by atoms with van der Waals surface area (Å²) in [6.45, 7) is 0.367. The Bertz CT molecular complexity index is 600. The zero-order valence-corrected chi connectivity index (χ0v) is 12.1. The average molecular weight is 308 g/mol. The number of carbonyl (C=O) groups excluding carboxylic acids is 2. The molecule has 1 N–H and O–H groups in total. The molecular formula is C16H18F2N2O2. The Morgan fingerprint density at radius 3 is 2.68 bits per heavy atom. The van der Waals surface area contributed by atoms with Gasteiger partial charge in [0.1, 0.15) is 11.6 Å². The summed E-state index contributed by atoms with van der Waals surface area (Å²) < 4.78 is 26.7. The molecule has 1 unspecified atom stereocenters. The molecule has 1 saturated carbocycles. The summed E-state index contributed by atoms with van der Waals surface area (Å²) in [7, 11) is 0. The van der Waals surface area contributed by atoms with E-state index < -0.39 is 23.5 Å². The number of nitrogens with zero attached hydrogens (tertiary/aromatic N) is 1. The number of amides is 2. The van der Waals surface area contributed by atoms with Crippen LogP contribution in [0.5, 0.6) is 0 Å². The number of benzene rings is 1. The van der Waals surface area contributed by atoms with E-state index in [0.717, 1.165) is 43.9 Å². The van der Waals surface area contributed by atoms with E-state index in [2.05, 4.69) is 5.32 Å². The Balaban J connectivity index is 1.65. The van der Waals surface area contributed by atoms with Crippen LogP contribution in [-0.2, 0) is 9.59 Å². The zero-order chi connectivity index (χ0) is 15.7. The summed E-state index contributed by atoms with van der Waals surface area (Å²) in [6.07, 6.45) is 4.33. The second-order valence-electron chi connectivity index (χ2n) is 6.00. The van der Waals surface area contributed by atoms with Crippen molar-refractivity contribution in [3.63, 3.8) is 0 Å². The smallest absolute Gasteiger partial charge is 0.229 e. The van der Waals surface area contributed by atoms with Crippen molar-refractivity contribution in [2.45, 2.75) is 38.1 Å². The lowest BCUT2D eigenvalue weighted by atomic mass is 10.1. The van der Waals surface area contributed by atoms with E-state index >= 15 is 0 Å². The summed E-state index contributed by atoms with van der Waals surface area (Å²) in [6, 6.07) is 3.14. The molecule has 0 bridgehead atoms. The lowest BCUT2D eigenvalue weighted by molar-refractivity contribution is -0.129. The summed E-state index contributed by atoms with van der Waals surface area (Å²) in [5, 5.41) is 2.39. The molecule has 0 aromatic heterocycles. The molecule has 1 saturated heterocycles. The molecule has 1 heterocycles. The SMILES string of the molecule is O=C(Nc1cc(F)ccc1F)C1CC(=O)N(C2CCCC2)C1. The molecule has 118 valence electrons. The maximum atomic E-state index is 13.6. The van der Waals surface area contributed by atoms with Gasteiger partial charge in [-0.2, -0.15) is 0 Å². The van der Waals surface area contributed by atoms with Crippen molar-refractivity contribution in [2.75, 3.05) is 11.9 Å². The Kier molecular flexibility index (Phi) is 4.09. The Morgan fingerprint density at radius 1 is 1.23 bits per heavy atom. The minimum Gasteiger partial charge on any atom is -0.339 e. The van der Waals surface area contributed by atoms with Crippen LogP contribution < -0.4 is 5.32 Å². The number of nitrogens with one attached hydrogen (secondary N) is 1. The molecule has 6 heteroatoms. The molecule has 2 fully saturated rings. The fraction of sp³-hybridized carbons (Fsp3) is 0.500. The number of likely N-dealkylation sites (tertiary alicyclic amines) is 1. The maximum absolute atomic E-state index is 13.6. The van der Waals surface area contributed by atoms with Crippen molar-refractivity contribution in [3.05, 3.63) is 29.8 Å². The summed E-state index contributed by atoms with van der Waals surface area (Å²) in [4.78, 5) is 26.0. The highest BCUT2D eigenvalue weighted by atomic mass is 19.1. The van der Waals surface area contributed by atoms with Crippen molar-refractivity contribution in [1.82, 2.24) is 4.90 Å². The van der Waals surface area contributed by atoms with Crippen LogP contribution in [0.25, 0.3) is 0 Å². The average Bonchev–Trinajstić information content (AvgIpc) is 3.11. The van der Waals surface area contributed by atoms with E-state index in [1.54, 1.807) is 4.90 Å². The first kappa shape index (κ1) is 14.9. The van der Waals surface area contributed by atoms with Gasteiger partial charge in [-0.25, -0.2) is 8.78 Å². The van der Waals surface area contributed by atoms with Crippen LogP contribution in [0.3, 0.4) is 0 Å². The van der Waals surface area contributed by atoms with Gasteiger partial charge in [0.15, 0.2) is 0 Å². The predicted molar refractivity (Wildman–Crippen MR) is 77.1 cm³/mol. The number of carbonyl (C=O) groups is 2. The van der Waals surface area contributed by atoms with Gasteiger partial charge >= 0.3 is 0 Å². The molecule has 2 aliphatic rings. The highest BCUT2D eigenvalue weighted by molar-refractivity contribution is 5.97. The van der Waals surface area contributed by atoms with E-state index in [-0.39, 0.29) is 24.1 Å². The monoisotopic (exact) mass is 308 g/mol. The molecule has 22 heavy (non-hydrogen) atoms. The van der Waals surface area contributed by atoms with Gasteiger partial charge in [-0.3, -0.25) is 9.59 Å². The van der Waals surface area contributed by atoms with E-state index in [1.165, 1.54) is 0 Å². The Hall–Kier alpha value is -1.98. The van der Waals surface area contributed by atoms with Crippen molar-refractivity contribution >= 4 is 17.5 Å². The van der Waals surface area contributed by atoms with Gasteiger partial charge in [-0.05, 0) is 25.0 Å². The highest BCUT2D eigenvalue weighted by Gasteiger charge is 2.38. The summed E-state index contributed by atoms with van der Waals surface area (Å²) >= 11 is 0. The van der Waals surface area contributed by atoms with Gasteiger partial charge in [0.25, 0.3) is 0 Å².